The smallest absolute Gasteiger partial charge is 0.198 e. The summed E-state index contributed by atoms with van der Waals surface area (Å²) in [5.74, 6) is 0. The average Bonchev–Trinajstić information content (AvgIpc) is 2.23. The van der Waals surface area contributed by atoms with Crippen LogP contribution in [0.3, 0.4) is 0 Å². The van der Waals surface area contributed by atoms with E-state index in [1.807, 2.05) is 0 Å². The zero-order valence-electron chi connectivity index (χ0n) is 9.98. The number of hydrogen-bond acceptors (Lipinski definition) is 2. The topological polar surface area (TPSA) is 34.1 Å². The number of halogens is 4. The molecule has 0 bridgehead atoms. The Morgan fingerprint density at radius 2 is 1.12 bits per heavy atom. The van der Waals surface area contributed by atoms with E-state index >= 15 is 0 Å². The van der Waals surface area contributed by atoms with Gasteiger partial charge in [0.1, 0.15) is 0 Å². The Hall–Kier alpha value is 2.87. The van der Waals surface area contributed by atoms with Gasteiger partial charge in [0, 0.05) is 0 Å². The van der Waals surface area contributed by atoms with Gasteiger partial charge >= 0.3 is 0 Å². The second-order valence-electron chi connectivity index (χ2n) is 3.99. The van der Waals surface area contributed by atoms with Crippen LogP contribution in [0.2, 0.25) is 0 Å². The highest BCUT2D eigenvalue weighted by Gasteiger charge is 2.50. The molecule has 0 radical (unpaired) electrons. The van der Waals surface area contributed by atoms with E-state index in [-0.39, 0.29) is 0 Å². The van der Waals surface area contributed by atoms with E-state index in [2.05, 4.69) is 104 Å². The van der Waals surface area contributed by atoms with Crippen molar-refractivity contribution >= 4 is 100 Å². The zero-order chi connectivity index (χ0) is 13.7. The standard InChI is InChI=1S/C10H18I4O2S/c1-3-5-7-9(11,12)17(15,16)10(13,14)8-6-4-2/h3-8H2,1-2H3. The molecule has 0 aromatic heterocycles. The molecule has 0 atom stereocenters. The quantitative estimate of drug-likeness (QED) is 0.235. The predicted molar refractivity (Wildman–Crippen MR) is 110 cm³/mol. The highest BCUT2D eigenvalue weighted by Crippen LogP contribution is 2.51. The molecular weight excluding hydrogens is 692 g/mol. The molecule has 2 nitrogen and oxygen atoms in total. The normalized spacial score (nSPS) is 14.0. The summed E-state index contributed by atoms with van der Waals surface area (Å²) < 4.78 is 24.0. The molecule has 0 fully saturated rings. The van der Waals surface area contributed by atoms with Gasteiger partial charge in [0.25, 0.3) is 0 Å². The van der Waals surface area contributed by atoms with Gasteiger partial charge < -0.3 is 0 Å². The highest BCUT2D eigenvalue weighted by molar-refractivity contribution is 14.2. The third-order valence-corrected chi connectivity index (χ3v) is 13.5. The Labute approximate surface area is 160 Å². The fraction of sp³-hybridized carbons (Fsp3) is 1.00. The summed E-state index contributed by atoms with van der Waals surface area (Å²) in [5, 5.41) is 0. The zero-order valence-corrected chi connectivity index (χ0v) is 19.4. The van der Waals surface area contributed by atoms with Crippen LogP contribution >= 0.6 is 90.4 Å². The van der Waals surface area contributed by atoms with Crippen molar-refractivity contribution < 1.29 is 8.42 Å². The van der Waals surface area contributed by atoms with E-state index in [9.17, 15) is 8.42 Å². The Balaban J connectivity index is 4.97. The van der Waals surface area contributed by atoms with Crippen LogP contribution < -0.4 is 0 Å². The fourth-order valence-electron chi connectivity index (χ4n) is 1.25. The Bertz CT molecular complexity index is 299. The SMILES string of the molecule is CCCCC(I)(I)S(=O)(=O)C(I)(I)CCCC. The summed E-state index contributed by atoms with van der Waals surface area (Å²) in [4.78, 5) is 0. The van der Waals surface area contributed by atoms with Crippen LogP contribution in [0.15, 0.2) is 0 Å². The first-order chi connectivity index (χ1) is 7.62. The van der Waals surface area contributed by atoms with E-state index in [1.54, 1.807) is 0 Å². The molecule has 0 amide bonds. The van der Waals surface area contributed by atoms with Crippen molar-refractivity contribution in [1.29, 1.82) is 0 Å². The van der Waals surface area contributed by atoms with Crippen LogP contribution in [0.1, 0.15) is 52.4 Å². The van der Waals surface area contributed by atoms with Crippen LogP contribution in [0, 0.1) is 0 Å². The van der Waals surface area contributed by atoms with E-state index in [1.165, 1.54) is 0 Å². The number of sulfone groups is 1. The van der Waals surface area contributed by atoms with Crippen molar-refractivity contribution in [3.63, 3.8) is 0 Å². The summed E-state index contributed by atoms with van der Waals surface area (Å²) >= 11 is 8.43. The Kier molecular flexibility index (Phi) is 9.76. The van der Waals surface area contributed by atoms with Gasteiger partial charge in [-0.05, 0) is 103 Å². The van der Waals surface area contributed by atoms with Gasteiger partial charge in [-0.3, -0.25) is 0 Å². The third-order valence-electron chi connectivity index (χ3n) is 2.43. The van der Waals surface area contributed by atoms with Crippen LogP contribution in [-0.4, -0.2) is 9.94 Å². The van der Waals surface area contributed by atoms with E-state index in [0.29, 0.717) is 0 Å². The molecule has 0 spiro atoms. The first-order valence-corrected chi connectivity index (χ1v) is 11.4. The lowest BCUT2D eigenvalue weighted by Crippen LogP contribution is -2.37. The molecule has 7 heteroatoms. The van der Waals surface area contributed by atoms with Gasteiger partial charge in [-0.2, -0.15) is 0 Å². The van der Waals surface area contributed by atoms with E-state index in [4.69, 9.17) is 0 Å². The van der Waals surface area contributed by atoms with Gasteiger partial charge in [0.15, 0.2) is 11.4 Å². The molecule has 0 heterocycles. The molecule has 0 aliphatic rings. The van der Waals surface area contributed by atoms with Crippen LogP contribution in [-0.2, 0) is 9.84 Å². The predicted octanol–water partition coefficient (Wildman–Crippen LogP) is 5.83. The van der Waals surface area contributed by atoms with Gasteiger partial charge in [0.2, 0.25) is 0 Å². The van der Waals surface area contributed by atoms with Crippen molar-refractivity contribution in [3.8, 4) is 0 Å². The minimum absolute atomic E-state index is 0.672. The van der Waals surface area contributed by atoms with Crippen molar-refractivity contribution in [2.75, 3.05) is 0 Å². The number of rotatable bonds is 8. The number of hydrogen-bond donors (Lipinski definition) is 0. The van der Waals surface area contributed by atoms with Crippen molar-refractivity contribution in [2.45, 2.75) is 53.9 Å². The maximum Gasteiger partial charge on any atom is 0.198 e. The molecule has 0 rings (SSSR count). The lowest BCUT2D eigenvalue weighted by molar-refractivity contribution is 0.578. The highest BCUT2D eigenvalue weighted by atomic mass is 127. The molecule has 0 saturated heterocycles. The van der Waals surface area contributed by atoms with Gasteiger partial charge in [0.05, 0.1) is 0 Å². The molecule has 0 unspecified atom stereocenters. The summed E-state index contributed by atoms with van der Waals surface area (Å²) in [5.41, 5.74) is 0. The van der Waals surface area contributed by atoms with Gasteiger partial charge in [-0.25, -0.2) is 8.42 Å². The molecule has 0 aliphatic carbocycles. The summed E-state index contributed by atoms with van der Waals surface area (Å²) in [6.45, 7) is 4.18. The van der Waals surface area contributed by atoms with Crippen LogP contribution in [0.4, 0.5) is 0 Å². The van der Waals surface area contributed by atoms with Crippen LogP contribution in [0.25, 0.3) is 0 Å². The molecule has 104 valence electrons. The average molecular weight is 710 g/mol. The summed E-state index contributed by atoms with van der Waals surface area (Å²) in [7, 11) is -3.14. The minimum atomic E-state index is -3.14. The molecule has 0 saturated carbocycles. The number of alkyl halides is 4. The molecule has 0 aromatic rings. The minimum Gasteiger partial charge on any atom is -0.224 e. The van der Waals surface area contributed by atoms with Crippen molar-refractivity contribution in [3.05, 3.63) is 0 Å². The van der Waals surface area contributed by atoms with Gasteiger partial charge in [-0.15, -0.1) is 0 Å². The molecule has 0 aromatic carbocycles. The van der Waals surface area contributed by atoms with Crippen molar-refractivity contribution in [2.24, 2.45) is 0 Å². The fourth-order valence-corrected chi connectivity index (χ4v) is 13.6. The third kappa shape index (κ3) is 5.64. The largest absolute Gasteiger partial charge is 0.224 e. The summed E-state index contributed by atoms with van der Waals surface area (Å²) in [6, 6.07) is 0. The van der Waals surface area contributed by atoms with E-state index in [0.717, 1.165) is 38.5 Å². The first-order valence-electron chi connectivity index (χ1n) is 5.62. The lowest BCUT2D eigenvalue weighted by atomic mass is 10.3. The van der Waals surface area contributed by atoms with Gasteiger partial charge in [-0.1, -0.05) is 39.5 Å². The van der Waals surface area contributed by atoms with Crippen LogP contribution in [0.5, 0.6) is 0 Å². The Morgan fingerprint density at radius 3 is 1.35 bits per heavy atom. The Morgan fingerprint density at radius 1 is 0.824 bits per heavy atom. The number of unbranched alkanes of at least 4 members (excludes halogenated alkanes) is 2. The second-order valence-corrected chi connectivity index (χ2v) is 20.8. The van der Waals surface area contributed by atoms with Crippen molar-refractivity contribution in [1.82, 2.24) is 0 Å². The lowest BCUT2D eigenvalue weighted by Gasteiger charge is -2.30. The molecule has 17 heavy (non-hydrogen) atoms. The second kappa shape index (κ2) is 8.35. The first kappa shape index (κ1) is 19.9. The molecule has 0 aliphatic heterocycles. The molecule has 0 N–H and O–H groups in total. The monoisotopic (exact) mass is 710 g/mol. The van der Waals surface area contributed by atoms with E-state index < -0.39 is 11.4 Å². The maximum absolute atomic E-state index is 12.7. The maximum atomic E-state index is 12.7. The summed E-state index contributed by atoms with van der Waals surface area (Å²) in [6.07, 6.45) is 5.45. The molecular formula is C10H18I4O2S.